The zero-order chi connectivity index (χ0) is 12.4. The Morgan fingerprint density at radius 2 is 2.24 bits per heavy atom. The van der Waals surface area contributed by atoms with Crippen LogP contribution < -0.4 is 4.90 Å². The van der Waals surface area contributed by atoms with Crippen molar-refractivity contribution in [3.63, 3.8) is 0 Å². The van der Waals surface area contributed by atoms with Crippen LogP contribution in [-0.2, 0) is 6.54 Å². The Morgan fingerprint density at radius 1 is 1.47 bits per heavy atom. The van der Waals surface area contributed by atoms with E-state index in [-0.39, 0.29) is 0 Å². The third kappa shape index (κ3) is 2.52. The molecule has 2 rings (SSSR count). The fourth-order valence-electron chi connectivity index (χ4n) is 2.39. The van der Waals surface area contributed by atoms with Gasteiger partial charge in [0.1, 0.15) is 0 Å². The number of aromatic nitrogens is 3. The van der Waals surface area contributed by atoms with Crippen LogP contribution in [0.2, 0.25) is 0 Å². The Hall–Kier alpha value is -0.880. The molecule has 1 fully saturated rings. The molecule has 5 nitrogen and oxygen atoms in total. The van der Waals surface area contributed by atoms with E-state index in [0.29, 0.717) is 6.04 Å². The molecular formula is C11H21N5S. The molecule has 1 saturated heterocycles. The largest absolute Gasteiger partial charge is 0.336 e. The van der Waals surface area contributed by atoms with E-state index in [4.69, 9.17) is 12.2 Å². The van der Waals surface area contributed by atoms with Crippen LogP contribution in [0.3, 0.4) is 0 Å². The van der Waals surface area contributed by atoms with Crippen LogP contribution in [0.15, 0.2) is 0 Å². The maximum Gasteiger partial charge on any atom is 0.226 e. The molecule has 0 saturated carbocycles. The van der Waals surface area contributed by atoms with Gasteiger partial charge in [-0.1, -0.05) is 6.92 Å². The van der Waals surface area contributed by atoms with Crippen molar-refractivity contribution in [2.75, 3.05) is 31.6 Å². The number of nitrogens with zero attached hydrogens (tertiary/aromatic N) is 4. The minimum atomic E-state index is 0.481. The number of anilines is 1. The minimum absolute atomic E-state index is 0.481. The van der Waals surface area contributed by atoms with Crippen LogP contribution in [0.25, 0.3) is 0 Å². The predicted octanol–water partition coefficient (Wildman–Crippen LogP) is 1.49. The average molecular weight is 255 g/mol. The highest BCUT2D eigenvalue weighted by atomic mass is 32.1. The molecule has 1 aliphatic rings. The second-order valence-electron chi connectivity index (χ2n) is 4.79. The van der Waals surface area contributed by atoms with Crippen LogP contribution in [0.1, 0.15) is 20.3 Å². The summed E-state index contributed by atoms with van der Waals surface area (Å²) >= 11 is 5.28. The molecule has 96 valence electrons. The summed E-state index contributed by atoms with van der Waals surface area (Å²) in [4.78, 5) is 4.70. The van der Waals surface area contributed by atoms with E-state index >= 15 is 0 Å². The van der Waals surface area contributed by atoms with Crippen LogP contribution in [0.4, 0.5) is 5.95 Å². The van der Waals surface area contributed by atoms with Crippen molar-refractivity contribution < 1.29 is 0 Å². The van der Waals surface area contributed by atoms with Gasteiger partial charge in [0.2, 0.25) is 5.95 Å². The summed E-state index contributed by atoms with van der Waals surface area (Å²) in [6.45, 7) is 8.50. The highest BCUT2D eigenvalue weighted by molar-refractivity contribution is 7.71. The maximum absolute atomic E-state index is 5.28. The number of rotatable bonds is 3. The number of H-pyrrole nitrogens is 1. The van der Waals surface area contributed by atoms with Crippen molar-refractivity contribution in [3.8, 4) is 0 Å². The summed E-state index contributed by atoms with van der Waals surface area (Å²) in [5.74, 6) is 0.998. The summed E-state index contributed by atoms with van der Waals surface area (Å²) in [6.07, 6.45) is 1.07. The Labute approximate surface area is 107 Å². The molecule has 6 heteroatoms. The van der Waals surface area contributed by atoms with Gasteiger partial charge in [-0.3, -0.25) is 4.57 Å². The Bertz CT molecular complexity index is 424. The smallest absolute Gasteiger partial charge is 0.226 e. The topological polar surface area (TPSA) is 40.1 Å². The van der Waals surface area contributed by atoms with E-state index in [2.05, 4.69) is 45.5 Å². The molecule has 0 aromatic carbocycles. The van der Waals surface area contributed by atoms with Crippen molar-refractivity contribution in [1.29, 1.82) is 0 Å². The van der Waals surface area contributed by atoms with Gasteiger partial charge in [0.05, 0.1) is 0 Å². The van der Waals surface area contributed by atoms with E-state index in [1.165, 1.54) is 0 Å². The van der Waals surface area contributed by atoms with E-state index in [1.807, 2.05) is 0 Å². The van der Waals surface area contributed by atoms with E-state index in [1.54, 1.807) is 0 Å². The predicted molar refractivity (Wildman–Crippen MR) is 72.0 cm³/mol. The molecule has 1 aromatic rings. The maximum atomic E-state index is 5.28. The van der Waals surface area contributed by atoms with Gasteiger partial charge in [-0.15, -0.1) is 5.10 Å². The van der Waals surface area contributed by atoms with Gasteiger partial charge < -0.3 is 9.80 Å². The highest BCUT2D eigenvalue weighted by Crippen LogP contribution is 2.18. The van der Waals surface area contributed by atoms with E-state index in [9.17, 15) is 0 Å². The number of hydrogen-bond donors (Lipinski definition) is 1. The molecule has 2 heterocycles. The van der Waals surface area contributed by atoms with Crippen molar-refractivity contribution in [1.82, 2.24) is 19.7 Å². The summed E-state index contributed by atoms with van der Waals surface area (Å²) in [6, 6.07) is 0.481. The van der Waals surface area contributed by atoms with Crippen LogP contribution in [0.5, 0.6) is 0 Å². The van der Waals surface area contributed by atoms with Gasteiger partial charge >= 0.3 is 0 Å². The molecular weight excluding hydrogens is 234 g/mol. The normalized spacial score (nSPS) is 22.1. The van der Waals surface area contributed by atoms with Crippen LogP contribution in [-0.4, -0.2) is 52.4 Å². The molecule has 1 aromatic heterocycles. The Balaban J connectivity index is 2.24. The molecule has 0 aliphatic carbocycles. The third-order valence-corrected chi connectivity index (χ3v) is 3.58. The molecule has 1 atom stereocenters. The molecule has 0 radical (unpaired) electrons. The summed E-state index contributed by atoms with van der Waals surface area (Å²) in [5.41, 5.74) is 0. The second kappa shape index (κ2) is 5.18. The van der Waals surface area contributed by atoms with Crippen molar-refractivity contribution >= 4 is 18.2 Å². The van der Waals surface area contributed by atoms with Gasteiger partial charge in [-0.25, -0.2) is 5.10 Å². The van der Waals surface area contributed by atoms with Gasteiger partial charge in [0.15, 0.2) is 4.77 Å². The summed E-state index contributed by atoms with van der Waals surface area (Å²) in [5, 5.41) is 7.30. The monoisotopic (exact) mass is 255 g/mol. The molecule has 1 unspecified atom stereocenters. The lowest BCUT2D eigenvalue weighted by atomic mass is 10.2. The standard InChI is InChI=1S/C11H21N5S/c1-4-5-16-10(12-13-11(16)17)15-7-6-14(3)8-9(15)2/h9H,4-8H2,1-3H3,(H,13,17). The average Bonchev–Trinajstić information content (AvgIpc) is 2.62. The molecule has 0 spiro atoms. The SMILES string of the molecule is CCCn1c(N2CCN(C)CC2C)n[nH]c1=S. The molecule has 0 bridgehead atoms. The number of piperazine rings is 1. The highest BCUT2D eigenvalue weighted by Gasteiger charge is 2.25. The fraction of sp³-hybridized carbons (Fsp3) is 0.818. The Morgan fingerprint density at radius 3 is 2.88 bits per heavy atom. The quantitative estimate of drug-likeness (QED) is 0.831. The number of hydrogen-bond acceptors (Lipinski definition) is 4. The Kier molecular flexibility index (Phi) is 3.83. The zero-order valence-corrected chi connectivity index (χ0v) is 11.6. The first-order chi connectivity index (χ1) is 8.13. The first kappa shape index (κ1) is 12.6. The summed E-state index contributed by atoms with van der Waals surface area (Å²) in [7, 11) is 2.16. The summed E-state index contributed by atoms with van der Waals surface area (Å²) < 4.78 is 2.84. The second-order valence-corrected chi connectivity index (χ2v) is 5.17. The van der Waals surface area contributed by atoms with Crippen molar-refractivity contribution in [2.45, 2.75) is 32.9 Å². The third-order valence-electron chi connectivity index (χ3n) is 3.27. The first-order valence-electron chi connectivity index (χ1n) is 6.24. The molecule has 0 amide bonds. The lowest BCUT2D eigenvalue weighted by Gasteiger charge is -2.38. The van der Waals surface area contributed by atoms with Gasteiger partial charge in [0.25, 0.3) is 0 Å². The number of aromatic amines is 1. The molecule has 1 aliphatic heterocycles. The first-order valence-corrected chi connectivity index (χ1v) is 6.64. The fourth-order valence-corrected chi connectivity index (χ4v) is 2.61. The van der Waals surface area contributed by atoms with E-state index < -0.39 is 0 Å². The lowest BCUT2D eigenvalue weighted by Crippen LogP contribution is -2.51. The van der Waals surface area contributed by atoms with Gasteiger partial charge in [-0.05, 0) is 32.6 Å². The number of nitrogens with one attached hydrogen (secondary N) is 1. The van der Waals surface area contributed by atoms with Crippen molar-refractivity contribution in [2.24, 2.45) is 0 Å². The zero-order valence-electron chi connectivity index (χ0n) is 10.8. The van der Waals surface area contributed by atoms with Gasteiger partial charge in [0, 0.05) is 32.2 Å². The van der Waals surface area contributed by atoms with E-state index in [0.717, 1.165) is 43.3 Å². The van der Waals surface area contributed by atoms with Crippen molar-refractivity contribution in [3.05, 3.63) is 4.77 Å². The molecule has 17 heavy (non-hydrogen) atoms. The molecule has 1 N–H and O–H groups in total. The van der Waals surface area contributed by atoms with Gasteiger partial charge in [-0.2, -0.15) is 0 Å². The van der Waals surface area contributed by atoms with Crippen LogP contribution in [0, 0.1) is 4.77 Å². The number of likely N-dealkylation sites (N-methyl/N-ethyl adjacent to an activating group) is 1. The lowest BCUT2D eigenvalue weighted by molar-refractivity contribution is 0.272. The minimum Gasteiger partial charge on any atom is -0.336 e. The van der Waals surface area contributed by atoms with Crippen LogP contribution >= 0.6 is 12.2 Å².